The maximum atomic E-state index is 12.8. The average Bonchev–Trinajstić information content (AvgIpc) is 3.26. The van der Waals surface area contributed by atoms with Crippen LogP contribution >= 0.6 is 0 Å². The van der Waals surface area contributed by atoms with Gasteiger partial charge in [0.1, 0.15) is 31.0 Å². The van der Waals surface area contributed by atoms with Crippen molar-refractivity contribution in [2.24, 2.45) is 0 Å². The summed E-state index contributed by atoms with van der Waals surface area (Å²) in [6, 6.07) is 0. The third-order valence-corrected chi connectivity index (χ3v) is 11.8. The van der Waals surface area contributed by atoms with Crippen molar-refractivity contribution < 1.29 is 49.0 Å². The minimum Gasteiger partial charge on any atom is -0.462 e. The van der Waals surface area contributed by atoms with Crippen LogP contribution in [-0.2, 0) is 28.5 Å². The summed E-state index contributed by atoms with van der Waals surface area (Å²) in [5.74, 6) is -0.846. The maximum Gasteiger partial charge on any atom is 0.306 e. The molecule has 2 unspecified atom stereocenters. The summed E-state index contributed by atoms with van der Waals surface area (Å²) >= 11 is 0. The van der Waals surface area contributed by atoms with Gasteiger partial charge in [0.05, 0.1) is 13.2 Å². The molecular formula is C51H94O10. The molecule has 4 N–H and O–H groups in total. The zero-order valence-corrected chi connectivity index (χ0v) is 39.2. The molecule has 0 aromatic carbocycles. The molecule has 0 saturated carbocycles. The molecule has 6 atom stereocenters. The molecule has 1 aliphatic rings. The Bertz CT molecular complexity index is 1050. The molecule has 0 radical (unpaired) electrons. The summed E-state index contributed by atoms with van der Waals surface area (Å²) in [4.78, 5) is 25.4. The molecule has 358 valence electrons. The second kappa shape index (κ2) is 42.1. The highest BCUT2D eigenvalue weighted by molar-refractivity contribution is 5.70. The van der Waals surface area contributed by atoms with E-state index in [0.29, 0.717) is 12.8 Å². The van der Waals surface area contributed by atoms with Gasteiger partial charge in [-0.1, -0.05) is 199 Å². The van der Waals surface area contributed by atoms with E-state index in [4.69, 9.17) is 18.9 Å². The Kier molecular flexibility index (Phi) is 39.5. The molecule has 1 fully saturated rings. The van der Waals surface area contributed by atoms with Crippen LogP contribution in [0.25, 0.3) is 0 Å². The van der Waals surface area contributed by atoms with Crippen molar-refractivity contribution in [1.29, 1.82) is 0 Å². The third kappa shape index (κ3) is 33.4. The monoisotopic (exact) mass is 867 g/mol. The summed E-state index contributed by atoms with van der Waals surface area (Å²) in [5, 5.41) is 40.1. The van der Waals surface area contributed by atoms with Crippen molar-refractivity contribution >= 4 is 11.9 Å². The summed E-state index contributed by atoms with van der Waals surface area (Å²) in [6.07, 6.45) is 40.6. The quantitative estimate of drug-likeness (QED) is 0.0265. The van der Waals surface area contributed by atoms with Gasteiger partial charge in [0.15, 0.2) is 12.4 Å². The lowest BCUT2D eigenvalue weighted by Gasteiger charge is -2.39. The van der Waals surface area contributed by atoms with Crippen LogP contribution in [0.3, 0.4) is 0 Å². The van der Waals surface area contributed by atoms with Crippen LogP contribution in [0.2, 0.25) is 0 Å². The number of aliphatic hydroxyl groups excluding tert-OH is 4. The molecule has 61 heavy (non-hydrogen) atoms. The number of hydrogen-bond acceptors (Lipinski definition) is 10. The first-order valence-electron chi connectivity index (χ1n) is 25.4. The van der Waals surface area contributed by atoms with Gasteiger partial charge in [0.25, 0.3) is 0 Å². The molecule has 1 heterocycles. The van der Waals surface area contributed by atoms with Crippen LogP contribution in [0, 0.1) is 0 Å². The molecule has 1 aliphatic heterocycles. The van der Waals surface area contributed by atoms with E-state index >= 15 is 0 Å². The van der Waals surface area contributed by atoms with E-state index < -0.39 is 55.4 Å². The molecule has 0 bridgehead atoms. The van der Waals surface area contributed by atoms with Crippen LogP contribution in [0.4, 0.5) is 0 Å². The first kappa shape index (κ1) is 57.2. The predicted molar refractivity (Wildman–Crippen MR) is 247 cm³/mol. The van der Waals surface area contributed by atoms with Gasteiger partial charge in [0.2, 0.25) is 0 Å². The van der Waals surface area contributed by atoms with Crippen LogP contribution in [0.5, 0.6) is 0 Å². The Morgan fingerprint density at radius 1 is 0.492 bits per heavy atom. The SMILES string of the molecule is CCCCCCCCCCCCCCCC/C=C/CC/C=C/CCCC(=O)OC[C@@H](CO[C@H]1O[C@@H](CO)[C@@H](O)C(O)C1O)OC(=O)CCCCCCCCCCCCCCC. The lowest BCUT2D eigenvalue weighted by molar-refractivity contribution is -0.305. The fourth-order valence-corrected chi connectivity index (χ4v) is 7.80. The number of aliphatic hydroxyl groups is 4. The van der Waals surface area contributed by atoms with E-state index in [1.54, 1.807) is 0 Å². The van der Waals surface area contributed by atoms with Crippen molar-refractivity contribution in [1.82, 2.24) is 0 Å². The number of unbranched alkanes of at least 4 members (excludes halogenated alkanes) is 28. The molecule has 1 rings (SSSR count). The summed E-state index contributed by atoms with van der Waals surface area (Å²) < 4.78 is 22.2. The molecule has 10 nitrogen and oxygen atoms in total. The smallest absolute Gasteiger partial charge is 0.306 e. The number of esters is 2. The Morgan fingerprint density at radius 2 is 0.902 bits per heavy atom. The molecule has 1 saturated heterocycles. The minimum absolute atomic E-state index is 0.219. The van der Waals surface area contributed by atoms with E-state index in [-0.39, 0.29) is 26.1 Å². The van der Waals surface area contributed by atoms with Gasteiger partial charge in [-0.25, -0.2) is 0 Å². The van der Waals surface area contributed by atoms with Gasteiger partial charge in [-0.2, -0.15) is 0 Å². The number of ether oxygens (including phenoxy) is 4. The van der Waals surface area contributed by atoms with Gasteiger partial charge in [0, 0.05) is 12.8 Å². The Hall–Kier alpha value is -1.82. The van der Waals surface area contributed by atoms with Crippen LogP contribution in [0.15, 0.2) is 24.3 Å². The van der Waals surface area contributed by atoms with E-state index in [1.165, 1.54) is 148 Å². The number of carbonyl (C=O) groups is 2. The van der Waals surface area contributed by atoms with Gasteiger partial charge in [-0.05, 0) is 44.9 Å². The summed E-state index contributed by atoms with van der Waals surface area (Å²) in [6.45, 7) is 3.41. The Morgan fingerprint density at radius 3 is 1.38 bits per heavy atom. The third-order valence-electron chi connectivity index (χ3n) is 11.8. The Labute approximate surface area is 373 Å². The van der Waals surface area contributed by atoms with E-state index in [9.17, 15) is 30.0 Å². The first-order chi connectivity index (χ1) is 29.8. The minimum atomic E-state index is -1.60. The summed E-state index contributed by atoms with van der Waals surface area (Å²) in [5.41, 5.74) is 0. The molecule has 0 aromatic heterocycles. The first-order valence-corrected chi connectivity index (χ1v) is 25.4. The van der Waals surface area contributed by atoms with E-state index in [2.05, 4.69) is 38.2 Å². The van der Waals surface area contributed by atoms with Gasteiger partial charge < -0.3 is 39.4 Å². The van der Waals surface area contributed by atoms with E-state index in [0.717, 1.165) is 44.9 Å². The van der Waals surface area contributed by atoms with Gasteiger partial charge >= 0.3 is 11.9 Å². The highest BCUT2D eigenvalue weighted by Gasteiger charge is 2.44. The molecule has 0 aliphatic carbocycles. The molecular weight excluding hydrogens is 773 g/mol. The molecule has 0 aromatic rings. The standard InChI is InChI=1S/C51H94O10/c1-3-5-7-9-11-13-15-17-18-19-20-21-22-23-24-25-26-28-29-31-33-35-37-39-46(53)58-42-44(43-59-51-50(57)49(56)48(55)45(41-52)61-51)60-47(54)40-38-36-34-32-30-27-16-14-12-10-8-6-4-2/h25-26,31,33,44-45,48-52,55-57H,3-24,27-30,32,34-43H2,1-2H3/b26-25+,33-31+/t44-,45-,48+,49?,50?,51-/m0/s1. The Balaban J connectivity index is 2.25. The highest BCUT2D eigenvalue weighted by atomic mass is 16.7. The van der Waals surface area contributed by atoms with Crippen molar-refractivity contribution in [3.05, 3.63) is 24.3 Å². The van der Waals surface area contributed by atoms with Crippen molar-refractivity contribution in [2.45, 2.75) is 269 Å². The second-order valence-electron chi connectivity index (χ2n) is 17.6. The predicted octanol–water partition coefficient (Wildman–Crippen LogP) is 11.7. The lowest BCUT2D eigenvalue weighted by atomic mass is 9.99. The number of carbonyl (C=O) groups excluding carboxylic acids is 2. The van der Waals surface area contributed by atoms with Gasteiger partial charge in [-0.3, -0.25) is 9.59 Å². The van der Waals surface area contributed by atoms with Crippen molar-refractivity contribution in [2.75, 3.05) is 19.8 Å². The van der Waals surface area contributed by atoms with Crippen LogP contribution in [-0.4, -0.2) is 89.0 Å². The lowest BCUT2D eigenvalue weighted by Crippen LogP contribution is -2.59. The largest absolute Gasteiger partial charge is 0.462 e. The molecule has 0 spiro atoms. The molecule has 0 amide bonds. The zero-order valence-electron chi connectivity index (χ0n) is 39.2. The van der Waals surface area contributed by atoms with E-state index in [1.807, 2.05) is 0 Å². The van der Waals surface area contributed by atoms with Crippen molar-refractivity contribution in [3.8, 4) is 0 Å². The normalized spacial score (nSPS) is 19.9. The highest BCUT2D eigenvalue weighted by Crippen LogP contribution is 2.23. The molecule has 10 heteroatoms. The second-order valence-corrected chi connectivity index (χ2v) is 17.6. The fraction of sp³-hybridized carbons (Fsp3) is 0.882. The number of hydrogen-bond donors (Lipinski definition) is 4. The topological polar surface area (TPSA) is 152 Å². The summed E-state index contributed by atoms with van der Waals surface area (Å²) in [7, 11) is 0. The maximum absolute atomic E-state index is 12.8. The zero-order chi connectivity index (χ0) is 44.4. The fourth-order valence-electron chi connectivity index (χ4n) is 7.80. The van der Waals surface area contributed by atoms with Crippen LogP contribution in [0.1, 0.15) is 232 Å². The van der Waals surface area contributed by atoms with Gasteiger partial charge in [-0.15, -0.1) is 0 Å². The number of allylic oxidation sites excluding steroid dienone is 4. The number of rotatable bonds is 43. The van der Waals surface area contributed by atoms with Crippen LogP contribution < -0.4 is 0 Å². The average molecular weight is 867 g/mol. The van der Waals surface area contributed by atoms with Crippen molar-refractivity contribution in [3.63, 3.8) is 0 Å².